The van der Waals surface area contributed by atoms with Crippen LogP contribution in [0.15, 0.2) is 0 Å². The van der Waals surface area contributed by atoms with Crippen molar-refractivity contribution in [2.75, 3.05) is 13.1 Å². The second-order valence-electron chi connectivity index (χ2n) is 5.86. The number of nitrogens with two attached hydrogens (primary N) is 1. The third kappa shape index (κ3) is 2.82. The topological polar surface area (TPSA) is 46.3 Å². The van der Waals surface area contributed by atoms with Crippen LogP contribution >= 0.6 is 0 Å². The molecule has 2 fully saturated rings. The Morgan fingerprint density at radius 1 is 1.24 bits per heavy atom. The van der Waals surface area contributed by atoms with E-state index in [1.54, 1.807) is 0 Å². The van der Waals surface area contributed by atoms with E-state index in [2.05, 4.69) is 6.92 Å². The lowest BCUT2D eigenvalue weighted by molar-refractivity contribution is -0.139. The fourth-order valence-corrected chi connectivity index (χ4v) is 3.05. The second kappa shape index (κ2) is 5.38. The number of carbonyl (C=O) groups excluding carboxylic acids is 1. The standard InChI is InChI=1S/C14H26N2O/c1-2-16(11-12-7-6-8-12)13(17)14(15)9-4-3-5-10-14/h12H,2-11,15H2,1H3. The van der Waals surface area contributed by atoms with Gasteiger partial charge in [-0.05, 0) is 38.5 Å². The maximum absolute atomic E-state index is 12.5. The van der Waals surface area contributed by atoms with Gasteiger partial charge < -0.3 is 10.6 Å². The number of hydrogen-bond acceptors (Lipinski definition) is 2. The van der Waals surface area contributed by atoms with Gasteiger partial charge in [-0.2, -0.15) is 0 Å². The molecule has 3 nitrogen and oxygen atoms in total. The first-order chi connectivity index (χ1) is 8.15. The summed E-state index contributed by atoms with van der Waals surface area (Å²) in [7, 11) is 0. The van der Waals surface area contributed by atoms with Gasteiger partial charge in [0.2, 0.25) is 5.91 Å². The Kier molecular flexibility index (Phi) is 4.08. The van der Waals surface area contributed by atoms with Crippen molar-refractivity contribution in [3.63, 3.8) is 0 Å². The molecule has 0 aromatic rings. The van der Waals surface area contributed by atoms with Gasteiger partial charge in [-0.1, -0.05) is 25.7 Å². The molecule has 2 aliphatic rings. The minimum atomic E-state index is -0.544. The number of amides is 1. The van der Waals surface area contributed by atoms with E-state index in [0.717, 1.165) is 44.7 Å². The highest BCUT2D eigenvalue weighted by atomic mass is 16.2. The summed E-state index contributed by atoms with van der Waals surface area (Å²) < 4.78 is 0. The molecule has 0 radical (unpaired) electrons. The largest absolute Gasteiger partial charge is 0.341 e. The SMILES string of the molecule is CCN(CC1CCC1)C(=O)C1(N)CCCCC1. The molecule has 1 amide bonds. The van der Waals surface area contributed by atoms with E-state index in [1.165, 1.54) is 25.7 Å². The average Bonchev–Trinajstić information content (AvgIpc) is 2.28. The van der Waals surface area contributed by atoms with Gasteiger partial charge in [-0.3, -0.25) is 4.79 Å². The fourth-order valence-electron chi connectivity index (χ4n) is 3.05. The second-order valence-corrected chi connectivity index (χ2v) is 5.86. The highest BCUT2D eigenvalue weighted by Crippen LogP contribution is 2.30. The van der Waals surface area contributed by atoms with Gasteiger partial charge in [0.25, 0.3) is 0 Å². The zero-order chi connectivity index (χ0) is 12.3. The lowest BCUT2D eigenvalue weighted by Crippen LogP contribution is -2.57. The summed E-state index contributed by atoms with van der Waals surface area (Å²) in [5, 5.41) is 0. The molecule has 98 valence electrons. The van der Waals surface area contributed by atoms with E-state index in [1.807, 2.05) is 4.90 Å². The third-order valence-corrected chi connectivity index (χ3v) is 4.54. The first kappa shape index (κ1) is 12.9. The van der Waals surface area contributed by atoms with Crippen molar-refractivity contribution in [3.8, 4) is 0 Å². The van der Waals surface area contributed by atoms with E-state index in [4.69, 9.17) is 5.73 Å². The summed E-state index contributed by atoms with van der Waals surface area (Å²) in [5.41, 5.74) is 5.78. The molecular formula is C14H26N2O. The summed E-state index contributed by atoms with van der Waals surface area (Å²) in [4.78, 5) is 14.5. The van der Waals surface area contributed by atoms with Crippen LogP contribution in [-0.4, -0.2) is 29.4 Å². The molecule has 0 spiro atoms. The first-order valence-corrected chi connectivity index (χ1v) is 7.24. The lowest BCUT2D eigenvalue weighted by Gasteiger charge is -2.39. The molecule has 2 rings (SSSR count). The lowest BCUT2D eigenvalue weighted by atomic mass is 9.80. The molecule has 0 aromatic heterocycles. The molecule has 0 aliphatic heterocycles. The predicted molar refractivity (Wildman–Crippen MR) is 69.6 cm³/mol. The molecule has 0 saturated heterocycles. The highest BCUT2D eigenvalue weighted by Gasteiger charge is 2.38. The van der Waals surface area contributed by atoms with Gasteiger partial charge in [0, 0.05) is 13.1 Å². The summed E-state index contributed by atoms with van der Waals surface area (Å²) in [6.45, 7) is 3.82. The monoisotopic (exact) mass is 238 g/mol. The predicted octanol–water partition coefficient (Wildman–Crippen LogP) is 2.30. The average molecular weight is 238 g/mol. The fraction of sp³-hybridized carbons (Fsp3) is 0.929. The van der Waals surface area contributed by atoms with Crippen molar-refractivity contribution in [2.45, 2.75) is 63.8 Å². The van der Waals surface area contributed by atoms with Gasteiger partial charge >= 0.3 is 0 Å². The minimum absolute atomic E-state index is 0.214. The van der Waals surface area contributed by atoms with Gasteiger partial charge in [-0.25, -0.2) is 0 Å². The molecule has 2 aliphatic carbocycles. The van der Waals surface area contributed by atoms with Crippen LogP contribution in [-0.2, 0) is 4.79 Å². The molecule has 2 N–H and O–H groups in total. The number of carbonyl (C=O) groups is 1. The van der Waals surface area contributed by atoms with Crippen LogP contribution in [0.3, 0.4) is 0 Å². The van der Waals surface area contributed by atoms with Crippen LogP contribution in [0, 0.1) is 5.92 Å². The van der Waals surface area contributed by atoms with Gasteiger partial charge in [0.1, 0.15) is 0 Å². The number of likely N-dealkylation sites (N-methyl/N-ethyl adjacent to an activating group) is 1. The normalized spacial score (nSPS) is 24.1. The van der Waals surface area contributed by atoms with Crippen molar-refractivity contribution in [2.24, 2.45) is 11.7 Å². The molecule has 17 heavy (non-hydrogen) atoms. The van der Waals surface area contributed by atoms with Crippen molar-refractivity contribution < 1.29 is 4.79 Å². The Hall–Kier alpha value is -0.570. The van der Waals surface area contributed by atoms with Gasteiger partial charge in [0.15, 0.2) is 0 Å². The van der Waals surface area contributed by atoms with Crippen molar-refractivity contribution in [3.05, 3.63) is 0 Å². The van der Waals surface area contributed by atoms with Gasteiger partial charge in [-0.15, -0.1) is 0 Å². The summed E-state index contributed by atoms with van der Waals surface area (Å²) >= 11 is 0. The number of rotatable bonds is 4. The van der Waals surface area contributed by atoms with E-state index in [-0.39, 0.29) is 5.91 Å². The Morgan fingerprint density at radius 3 is 2.35 bits per heavy atom. The molecular weight excluding hydrogens is 212 g/mol. The van der Waals surface area contributed by atoms with E-state index in [9.17, 15) is 4.79 Å². The highest BCUT2D eigenvalue weighted by molar-refractivity contribution is 5.86. The van der Waals surface area contributed by atoms with E-state index < -0.39 is 5.54 Å². The van der Waals surface area contributed by atoms with Crippen LogP contribution < -0.4 is 5.73 Å². The molecule has 0 atom stereocenters. The Labute approximate surface area is 105 Å². The zero-order valence-corrected chi connectivity index (χ0v) is 11.1. The number of nitrogens with zero attached hydrogens (tertiary/aromatic N) is 1. The van der Waals surface area contributed by atoms with Crippen molar-refractivity contribution in [1.82, 2.24) is 4.90 Å². The molecule has 0 unspecified atom stereocenters. The molecule has 0 aromatic carbocycles. The smallest absolute Gasteiger partial charge is 0.242 e. The van der Waals surface area contributed by atoms with Crippen molar-refractivity contribution >= 4 is 5.91 Å². The van der Waals surface area contributed by atoms with Crippen LogP contribution in [0.25, 0.3) is 0 Å². The Bertz CT molecular complexity index is 267. The maximum Gasteiger partial charge on any atom is 0.242 e. The molecule has 0 heterocycles. The minimum Gasteiger partial charge on any atom is -0.341 e. The van der Waals surface area contributed by atoms with Crippen LogP contribution in [0.4, 0.5) is 0 Å². The van der Waals surface area contributed by atoms with Crippen LogP contribution in [0.1, 0.15) is 58.3 Å². The van der Waals surface area contributed by atoms with Crippen LogP contribution in [0.2, 0.25) is 0 Å². The summed E-state index contributed by atoms with van der Waals surface area (Å²) in [6.07, 6.45) is 9.15. The van der Waals surface area contributed by atoms with E-state index >= 15 is 0 Å². The Balaban J connectivity index is 1.94. The van der Waals surface area contributed by atoms with Crippen molar-refractivity contribution in [1.29, 1.82) is 0 Å². The summed E-state index contributed by atoms with van der Waals surface area (Å²) in [6, 6.07) is 0. The zero-order valence-electron chi connectivity index (χ0n) is 11.1. The maximum atomic E-state index is 12.5. The Morgan fingerprint density at radius 2 is 1.88 bits per heavy atom. The summed E-state index contributed by atoms with van der Waals surface area (Å²) in [5.74, 6) is 0.956. The molecule has 2 saturated carbocycles. The molecule has 3 heteroatoms. The quantitative estimate of drug-likeness (QED) is 0.817. The number of hydrogen-bond donors (Lipinski definition) is 1. The van der Waals surface area contributed by atoms with Crippen LogP contribution in [0.5, 0.6) is 0 Å². The first-order valence-electron chi connectivity index (χ1n) is 7.24. The van der Waals surface area contributed by atoms with Gasteiger partial charge in [0.05, 0.1) is 5.54 Å². The van der Waals surface area contributed by atoms with E-state index in [0.29, 0.717) is 0 Å². The molecule has 0 bridgehead atoms. The third-order valence-electron chi connectivity index (χ3n) is 4.54.